The van der Waals surface area contributed by atoms with Crippen molar-refractivity contribution >= 4 is 0 Å². The number of methoxy groups -OCH3 is 2. The fourth-order valence-corrected chi connectivity index (χ4v) is 0.927. The third-order valence-electron chi connectivity index (χ3n) is 1.78. The number of hydrogen-bond donors (Lipinski definition) is 0. The van der Waals surface area contributed by atoms with Gasteiger partial charge in [-0.2, -0.15) is 0 Å². The van der Waals surface area contributed by atoms with Gasteiger partial charge in [0.1, 0.15) is 0 Å². The second kappa shape index (κ2) is 7.26. The molecule has 0 fully saturated rings. The summed E-state index contributed by atoms with van der Waals surface area (Å²) in [5.41, 5.74) is 0. The SMILES string of the molecule is CCCCCCOC([O])(OC)OC. The number of unbranched alkanes of at least 4 members (excludes halogenated alkanes) is 3. The van der Waals surface area contributed by atoms with Gasteiger partial charge in [-0.1, -0.05) is 26.2 Å². The Morgan fingerprint density at radius 1 is 1.08 bits per heavy atom. The maximum absolute atomic E-state index is 11.2. The average Bonchev–Trinajstić information content (AvgIpc) is 2.17. The monoisotopic (exact) mass is 191 g/mol. The minimum Gasteiger partial charge on any atom is -0.305 e. The van der Waals surface area contributed by atoms with Crippen molar-refractivity contribution in [3.05, 3.63) is 0 Å². The van der Waals surface area contributed by atoms with Gasteiger partial charge in [0.05, 0.1) is 6.61 Å². The first-order chi connectivity index (χ1) is 6.18. The third-order valence-corrected chi connectivity index (χ3v) is 1.78. The molecule has 0 spiro atoms. The minimum atomic E-state index is -2.12. The molecule has 0 aliphatic rings. The molecule has 0 saturated heterocycles. The molecule has 0 aromatic carbocycles. The molecule has 0 unspecified atom stereocenters. The summed E-state index contributed by atoms with van der Waals surface area (Å²) in [4.78, 5) is 0. The predicted octanol–water partition coefficient (Wildman–Crippen LogP) is 1.92. The molecule has 0 aromatic heterocycles. The molecule has 0 rings (SSSR count). The van der Waals surface area contributed by atoms with Crippen molar-refractivity contribution in [2.75, 3.05) is 20.8 Å². The third kappa shape index (κ3) is 5.99. The summed E-state index contributed by atoms with van der Waals surface area (Å²) in [6.45, 7) is 2.51. The number of hydrogen-bond acceptors (Lipinski definition) is 3. The largest absolute Gasteiger partial charge is 0.439 e. The van der Waals surface area contributed by atoms with Crippen molar-refractivity contribution in [1.82, 2.24) is 0 Å². The normalized spacial score (nSPS) is 12.0. The molecule has 4 nitrogen and oxygen atoms in total. The summed E-state index contributed by atoms with van der Waals surface area (Å²) >= 11 is 0. The molecule has 0 aromatic rings. The highest BCUT2D eigenvalue weighted by Crippen LogP contribution is 2.10. The van der Waals surface area contributed by atoms with E-state index in [-0.39, 0.29) is 0 Å². The van der Waals surface area contributed by atoms with E-state index in [2.05, 4.69) is 16.4 Å². The number of rotatable bonds is 8. The summed E-state index contributed by atoms with van der Waals surface area (Å²) in [5.74, 6) is 0. The topological polar surface area (TPSA) is 47.6 Å². The van der Waals surface area contributed by atoms with Crippen LogP contribution in [-0.4, -0.2) is 27.0 Å². The lowest BCUT2D eigenvalue weighted by Crippen LogP contribution is -2.35. The standard InChI is InChI=1S/C9H19O4/c1-4-5-6-7-8-13-9(10,11-2)12-3/h4-8H2,1-3H3. The Morgan fingerprint density at radius 3 is 2.15 bits per heavy atom. The second-order valence-electron chi connectivity index (χ2n) is 2.82. The highest BCUT2D eigenvalue weighted by molar-refractivity contribution is 4.40. The van der Waals surface area contributed by atoms with Crippen LogP contribution in [-0.2, 0) is 19.3 Å². The van der Waals surface area contributed by atoms with Gasteiger partial charge in [0.25, 0.3) is 0 Å². The lowest BCUT2D eigenvalue weighted by Gasteiger charge is -2.20. The lowest BCUT2D eigenvalue weighted by atomic mass is 10.2. The Labute approximate surface area is 79.8 Å². The molecule has 1 radical (unpaired) electrons. The Hall–Kier alpha value is -0.160. The van der Waals surface area contributed by atoms with E-state index in [4.69, 9.17) is 4.74 Å². The van der Waals surface area contributed by atoms with Gasteiger partial charge < -0.3 is 14.2 Å². The molecular weight excluding hydrogens is 172 g/mol. The van der Waals surface area contributed by atoms with Gasteiger partial charge in [-0.25, -0.2) is 0 Å². The van der Waals surface area contributed by atoms with Gasteiger partial charge in [-0.15, -0.1) is 5.11 Å². The van der Waals surface area contributed by atoms with E-state index in [0.717, 1.165) is 25.7 Å². The molecule has 0 amide bonds. The molecular formula is C9H19O4. The first-order valence-electron chi connectivity index (χ1n) is 4.63. The van der Waals surface area contributed by atoms with Crippen molar-refractivity contribution in [3.8, 4) is 0 Å². The van der Waals surface area contributed by atoms with Crippen molar-refractivity contribution in [3.63, 3.8) is 0 Å². The van der Waals surface area contributed by atoms with Gasteiger partial charge in [-0.3, -0.25) is 0 Å². The molecule has 0 saturated carbocycles. The zero-order chi connectivity index (χ0) is 10.2. The van der Waals surface area contributed by atoms with Crippen LogP contribution in [0.25, 0.3) is 0 Å². The fraction of sp³-hybridized carbons (Fsp3) is 1.00. The van der Waals surface area contributed by atoms with Gasteiger partial charge in [-0.05, 0) is 6.42 Å². The molecule has 0 aliphatic carbocycles. The van der Waals surface area contributed by atoms with Crippen LogP contribution < -0.4 is 0 Å². The van der Waals surface area contributed by atoms with E-state index >= 15 is 0 Å². The smallest absolute Gasteiger partial charge is 0.305 e. The van der Waals surface area contributed by atoms with E-state index in [1.807, 2.05) is 0 Å². The summed E-state index contributed by atoms with van der Waals surface area (Å²) in [5, 5.41) is 11.2. The Bertz CT molecular complexity index is 112. The molecule has 13 heavy (non-hydrogen) atoms. The summed E-state index contributed by atoms with van der Waals surface area (Å²) in [6, 6.07) is 0. The summed E-state index contributed by atoms with van der Waals surface area (Å²) in [7, 11) is 2.53. The molecule has 0 bridgehead atoms. The van der Waals surface area contributed by atoms with Gasteiger partial charge in [0.15, 0.2) is 0 Å². The lowest BCUT2D eigenvalue weighted by molar-refractivity contribution is -0.495. The Morgan fingerprint density at radius 2 is 1.69 bits per heavy atom. The van der Waals surface area contributed by atoms with Crippen molar-refractivity contribution in [1.29, 1.82) is 0 Å². The average molecular weight is 191 g/mol. The summed E-state index contributed by atoms with van der Waals surface area (Å²) in [6.07, 6.45) is 2.14. The van der Waals surface area contributed by atoms with Crippen LogP contribution in [0.4, 0.5) is 0 Å². The second-order valence-corrected chi connectivity index (χ2v) is 2.82. The molecule has 0 N–H and O–H groups in total. The van der Waals surface area contributed by atoms with Crippen LogP contribution in [0.3, 0.4) is 0 Å². The van der Waals surface area contributed by atoms with Crippen LogP contribution in [0.15, 0.2) is 0 Å². The van der Waals surface area contributed by atoms with Crippen molar-refractivity contribution in [2.24, 2.45) is 0 Å². The van der Waals surface area contributed by atoms with Crippen LogP contribution in [0.1, 0.15) is 32.6 Å². The van der Waals surface area contributed by atoms with Crippen LogP contribution in [0.5, 0.6) is 0 Å². The zero-order valence-electron chi connectivity index (χ0n) is 8.67. The highest BCUT2D eigenvalue weighted by Gasteiger charge is 2.29. The van der Waals surface area contributed by atoms with E-state index < -0.39 is 6.16 Å². The van der Waals surface area contributed by atoms with Crippen LogP contribution in [0.2, 0.25) is 0 Å². The molecule has 0 aliphatic heterocycles. The van der Waals surface area contributed by atoms with Gasteiger partial charge in [0, 0.05) is 14.2 Å². The summed E-state index contributed by atoms with van der Waals surface area (Å²) < 4.78 is 13.9. The maximum atomic E-state index is 11.2. The van der Waals surface area contributed by atoms with E-state index in [1.165, 1.54) is 14.2 Å². The van der Waals surface area contributed by atoms with Crippen LogP contribution in [0, 0.1) is 0 Å². The van der Waals surface area contributed by atoms with Gasteiger partial charge >= 0.3 is 6.16 Å². The zero-order valence-corrected chi connectivity index (χ0v) is 8.67. The highest BCUT2D eigenvalue weighted by atomic mass is 17.0. The van der Waals surface area contributed by atoms with Crippen LogP contribution >= 0.6 is 0 Å². The predicted molar refractivity (Wildman–Crippen MR) is 47.5 cm³/mol. The molecule has 4 heteroatoms. The first-order valence-corrected chi connectivity index (χ1v) is 4.63. The minimum absolute atomic E-state index is 0.380. The molecule has 79 valence electrons. The van der Waals surface area contributed by atoms with E-state index in [1.54, 1.807) is 0 Å². The van der Waals surface area contributed by atoms with E-state index in [0.29, 0.717) is 6.61 Å². The quantitative estimate of drug-likeness (QED) is 0.435. The Kier molecular flexibility index (Phi) is 7.17. The molecule has 0 heterocycles. The van der Waals surface area contributed by atoms with Crippen molar-refractivity contribution < 1.29 is 19.3 Å². The fourth-order valence-electron chi connectivity index (χ4n) is 0.927. The molecule has 0 atom stereocenters. The maximum Gasteiger partial charge on any atom is 0.439 e. The van der Waals surface area contributed by atoms with Gasteiger partial charge in [0.2, 0.25) is 0 Å². The van der Waals surface area contributed by atoms with Crippen molar-refractivity contribution in [2.45, 2.75) is 38.8 Å². The number of ether oxygens (including phenoxy) is 3. The van der Waals surface area contributed by atoms with E-state index in [9.17, 15) is 5.11 Å². The first kappa shape index (κ1) is 12.8. The Balaban J connectivity index is 3.39.